The van der Waals surface area contributed by atoms with Gasteiger partial charge in [0, 0.05) is 23.1 Å². The van der Waals surface area contributed by atoms with Crippen LogP contribution in [0.25, 0.3) is 0 Å². The van der Waals surface area contributed by atoms with Gasteiger partial charge in [0.05, 0.1) is 5.56 Å². The number of carbonyl (C=O) groups excluding carboxylic acids is 1. The molecule has 2 rings (SSSR count). The maximum atomic E-state index is 13.2. The lowest BCUT2D eigenvalue weighted by molar-refractivity contribution is 0.0784. The molecule has 0 aliphatic carbocycles. The normalized spacial score (nSPS) is 10.5. The molecular weight excluding hydrogens is 364 g/mol. The number of nitrogens with zero attached hydrogens (tertiary/aromatic N) is 1. The molecule has 2 aromatic rings. The molecule has 0 aliphatic heterocycles. The minimum absolute atomic E-state index is 0.172. The minimum Gasteiger partial charge on any atom is -0.337 e. The second-order valence-corrected chi connectivity index (χ2v) is 5.82. The van der Waals surface area contributed by atoms with E-state index in [4.69, 9.17) is 11.6 Å². The first-order valence-electron chi connectivity index (χ1n) is 6.03. The van der Waals surface area contributed by atoms with Gasteiger partial charge in [-0.3, -0.25) is 4.79 Å². The van der Waals surface area contributed by atoms with Crippen molar-refractivity contribution < 1.29 is 13.6 Å². The van der Waals surface area contributed by atoms with Gasteiger partial charge in [0.1, 0.15) is 0 Å². The number of carbonyl (C=O) groups is 1. The predicted octanol–water partition coefficient (Wildman–Crippen LogP) is 4.65. The maximum Gasteiger partial charge on any atom is 0.255 e. The summed E-state index contributed by atoms with van der Waals surface area (Å²) in [5, 5.41) is 0.515. The molecule has 0 aromatic heterocycles. The van der Waals surface area contributed by atoms with Gasteiger partial charge in [0.2, 0.25) is 0 Å². The number of rotatable bonds is 3. The monoisotopic (exact) mass is 373 g/mol. The predicted molar refractivity (Wildman–Crippen MR) is 81.3 cm³/mol. The van der Waals surface area contributed by atoms with Gasteiger partial charge in [-0.15, -0.1) is 0 Å². The summed E-state index contributed by atoms with van der Waals surface area (Å²) in [6, 6.07) is 8.41. The van der Waals surface area contributed by atoms with Crippen LogP contribution in [0.2, 0.25) is 5.02 Å². The van der Waals surface area contributed by atoms with Crippen LogP contribution in [0.4, 0.5) is 8.78 Å². The van der Waals surface area contributed by atoms with Crippen molar-refractivity contribution in [1.82, 2.24) is 4.90 Å². The van der Waals surface area contributed by atoms with E-state index in [0.29, 0.717) is 20.6 Å². The zero-order valence-corrected chi connectivity index (χ0v) is 13.4. The van der Waals surface area contributed by atoms with Crippen molar-refractivity contribution in [1.29, 1.82) is 0 Å². The van der Waals surface area contributed by atoms with Crippen LogP contribution >= 0.6 is 27.5 Å². The molecule has 0 aliphatic rings. The molecule has 0 fully saturated rings. The molecule has 6 heteroatoms. The van der Waals surface area contributed by atoms with Crippen molar-refractivity contribution in [3.8, 4) is 0 Å². The Labute approximate surface area is 134 Å². The molecule has 0 spiro atoms. The summed E-state index contributed by atoms with van der Waals surface area (Å²) in [4.78, 5) is 13.7. The van der Waals surface area contributed by atoms with E-state index in [9.17, 15) is 13.6 Å². The highest BCUT2D eigenvalue weighted by atomic mass is 79.9. The van der Waals surface area contributed by atoms with Crippen molar-refractivity contribution in [3.63, 3.8) is 0 Å². The largest absolute Gasteiger partial charge is 0.337 e. The fraction of sp³-hybridized carbons (Fsp3) is 0.133. The molecule has 0 saturated heterocycles. The Kier molecular flexibility index (Phi) is 4.96. The van der Waals surface area contributed by atoms with Gasteiger partial charge in [-0.1, -0.05) is 17.7 Å². The summed E-state index contributed by atoms with van der Waals surface area (Å²) in [5.74, 6) is -2.09. The van der Waals surface area contributed by atoms with Gasteiger partial charge in [0.15, 0.2) is 11.6 Å². The Morgan fingerprint density at radius 2 is 1.90 bits per heavy atom. The molecule has 0 N–H and O–H groups in total. The molecule has 1 amide bonds. The molecule has 0 saturated carbocycles. The quantitative estimate of drug-likeness (QED) is 0.765. The molecule has 0 heterocycles. The van der Waals surface area contributed by atoms with E-state index in [0.717, 1.165) is 12.1 Å². The van der Waals surface area contributed by atoms with Crippen LogP contribution in [0.15, 0.2) is 40.9 Å². The first kappa shape index (κ1) is 15.9. The summed E-state index contributed by atoms with van der Waals surface area (Å²) < 4.78 is 26.6. The lowest BCUT2D eigenvalue weighted by Crippen LogP contribution is -2.26. The molecule has 0 unspecified atom stereocenters. The van der Waals surface area contributed by atoms with Gasteiger partial charge in [-0.05, 0) is 51.8 Å². The topological polar surface area (TPSA) is 20.3 Å². The van der Waals surface area contributed by atoms with E-state index in [1.165, 1.54) is 11.0 Å². The third-order valence-electron chi connectivity index (χ3n) is 2.91. The highest BCUT2D eigenvalue weighted by molar-refractivity contribution is 9.10. The maximum absolute atomic E-state index is 13.2. The van der Waals surface area contributed by atoms with Crippen LogP contribution in [0, 0.1) is 11.6 Å². The van der Waals surface area contributed by atoms with E-state index in [1.807, 2.05) is 0 Å². The molecule has 0 bridgehead atoms. The Balaban J connectivity index is 2.17. The van der Waals surface area contributed by atoms with Gasteiger partial charge in [0.25, 0.3) is 5.91 Å². The molecule has 2 aromatic carbocycles. The molecular formula is C15H11BrClF2NO. The van der Waals surface area contributed by atoms with Gasteiger partial charge < -0.3 is 4.90 Å². The van der Waals surface area contributed by atoms with E-state index in [1.54, 1.807) is 25.2 Å². The standard InChI is InChI=1S/C15H11BrClF2NO/c1-20(8-9-2-5-13(18)14(19)6-9)15(21)11-4-3-10(17)7-12(11)16/h2-7H,8H2,1H3. The highest BCUT2D eigenvalue weighted by Crippen LogP contribution is 2.23. The van der Waals surface area contributed by atoms with Crippen LogP contribution < -0.4 is 0 Å². The Bertz CT molecular complexity index is 693. The summed E-state index contributed by atoms with van der Waals surface area (Å²) in [6.07, 6.45) is 0. The second kappa shape index (κ2) is 6.54. The van der Waals surface area contributed by atoms with E-state index >= 15 is 0 Å². The molecule has 21 heavy (non-hydrogen) atoms. The third kappa shape index (κ3) is 3.80. The van der Waals surface area contributed by atoms with E-state index in [-0.39, 0.29) is 12.5 Å². The Morgan fingerprint density at radius 3 is 2.52 bits per heavy atom. The van der Waals surface area contributed by atoms with Crippen molar-refractivity contribution in [2.24, 2.45) is 0 Å². The average Bonchev–Trinajstić information content (AvgIpc) is 2.42. The number of hydrogen-bond acceptors (Lipinski definition) is 1. The lowest BCUT2D eigenvalue weighted by Gasteiger charge is -2.18. The van der Waals surface area contributed by atoms with Crippen molar-refractivity contribution in [3.05, 3.63) is 68.7 Å². The van der Waals surface area contributed by atoms with Crippen molar-refractivity contribution >= 4 is 33.4 Å². The zero-order chi connectivity index (χ0) is 15.6. The molecule has 0 atom stereocenters. The lowest BCUT2D eigenvalue weighted by atomic mass is 10.1. The van der Waals surface area contributed by atoms with E-state index in [2.05, 4.69) is 15.9 Å². The van der Waals surface area contributed by atoms with Crippen LogP contribution in [-0.2, 0) is 6.54 Å². The minimum atomic E-state index is -0.930. The van der Waals surface area contributed by atoms with Crippen molar-refractivity contribution in [2.45, 2.75) is 6.54 Å². The summed E-state index contributed by atoms with van der Waals surface area (Å²) in [6.45, 7) is 0.172. The summed E-state index contributed by atoms with van der Waals surface area (Å²) in [5.41, 5.74) is 0.958. The van der Waals surface area contributed by atoms with Crippen LogP contribution in [0.5, 0.6) is 0 Å². The van der Waals surface area contributed by atoms with Gasteiger partial charge in [-0.25, -0.2) is 8.78 Å². The van der Waals surface area contributed by atoms with Crippen LogP contribution in [0.1, 0.15) is 15.9 Å². The SMILES string of the molecule is CN(Cc1ccc(F)c(F)c1)C(=O)c1ccc(Cl)cc1Br. The van der Waals surface area contributed by atoms with Gasteiger partial charge >= 0.3 is 0 Å². The summed E-state index contributed by atoms with van der Waals surface area (Å²) >= 11 is 9.11. The second-order valence-electron chi connectivity index (χ2n) is 4.53. The highest BCUT2D eigenvalue weighted by Gasteiger charge is 2.16. The Hall–Kier alpha value is -1.46. The molecule has 0 radical (unpaired) electrons. The average molecular weight is 375 g/mol. The fourth-order valence-corrected chi connectivity index (χ4v) is 2.70. The number of benzene rings is 2. The third-order valence-corrected chi connectivity index (χ3v) is 3.80. The van der Waals surface area contributed by atoms with Gasteiger partial charge in [-0.2, -0.15) is 0 Å². The van der Waals surface area contributed by atoms with Crippen molar-refractivity contribution in [2.75, 3.05) is 7.05 Å². The van der Waals surface area contributed by atoms with Crippen LogP contribution in [-0.4, -0.2) is 17.9 Å². The fourth-order valence-electron chi connectivity index (χ4n) is 1.85. The van der Waals surface area contributed by atoms with E-state index < -0.39 is 11.6 Å². The van der Waals surface area contributed by atoms with Crippen LogP contribution in [0.3, 0.4) is 0 Å². The number of hydrogen-bond donors (Lipinski definition) is 0. The number of halogens is 4. The Morgan fingerprint density at radius 1 is 1.19 bits per heavy atom. The molecule has 2 nitrogen and oxygen atoms in total. The first-order chi connectivity index (χ1) is 9.88. The smallest absolute Gasteiger partial charge is 0.255 e. The zero-order valence-electron chi connectivity index (χ0n) is 11.0. The number of amides is 1. The molecule has 110 valence electrons. The summed E-state index contributed by atoms with van der Waals surface area (Å²) in [7, 11) is 1.59. The first-order valence-corrected chi connectivity index (χ1v) is 7.20.